The second kappa shape index (κ2) is 14.5. The highest BCUT2D eigenvalue weighted by Gasteiger charge is 2.58. The summed E-state index contributed by atoms with van der Waals surface area (Å²) in [4.78, 5) is 29.7. The van der Waals surface area contributed by atoms with Crippen molar-refractivity contribution in [2.45, 2.75) is 99.7 Å². The number of carboxylic acids is 1. The van der Waals surface area contributed by atoms with Gasteiger partial charge in [-0.05, 0) is 80.3 Å². The van der Waals surface area contributed by atoms with Crippen molar-refractivity contribution in [3.05, 3.63) is 59.2 Å². The van der Waals surface area contributed by atoms with Crippen molar-refractivity contribution in [2.75, 3.05) is 40.5 Å². The number of carboxylic acid groups (broad SMARTS) is 1. The molecular formula is C37H46F4N2O6. The van der Waals surface area contributed by atoms with Gasteiger partial charge < -0.3 is 24.2 Å². The summed E-state index contributed by atoms with van der Waals surface area (Å²) in [6, 6.07) is 10.3. The number of benzene rings is 2. The van der Waals surface area contributed by atoms with Crippen molar-refractivity contribution in [3.63, 3.8) is 0 Å². The van der Waals surface area contributed by atoms with Crippen LogP contribution in [0.5, 0.6) is 11.5 Å². The van der Waals surface area contributed by atoms with E-state index in [4.69, 9.17) is 14.2 Å². The third-order valence-electron chi connectivity index (χ3n) is 11.2. The predicted molar refractivity (Wildman–Crippen MR) is 174 cm³/mol. The highest BCUT2D eigenvalue weighted by Crippen LogP contribution is 2.47. The fourth-order valence-electron chi connectivity index (χ4n) is 8.56. The Morgan fingerprint density at radius 1 is 0.959 bits per heavy atom. The molecule has 12 heteroatoms. The molecule has 2 aromatic rings. The van der Waals surface area contributed by atoms with E-state index in [1.54, 1.807) is 24.1 Å². The number of ether oxygens (including phenoxy) is 3. The smallest absolute Gasteiger partial charge is 0.416 e. The average Bonchev–Trinajstić information content (AvgIpc) is 3.84. The van der Waals surface area contributed by atoms with Gasteiger partial charge in [0.1, 0.15) is 11.5 Å². The molecule has 0 aromatic heterocycles. The van der Waals surface area contributed by atoms with Crippen molar-refractivity contribution in [3.8, 4) is 11.5 Å². The molecule has 1 N–H and O–H groups in total. The number of aliphatic carboxylic acids is 1. The van der Waals surface area contributed by atoms with Crippen LogP contribution in [0.3, 0.4) is 0 Å². The highest BCUT2D eigenvalue weighted by atomic mass is 19.4. The van der Waals surface area contributed by atoms with Gasteiger partial charge in [0, 0.05) is 44.6 Å². The Labute approximate surface area is 284 Å². The van der Waals surface area contributed by atoms with Crippen LogP contribution < -0.4 is 9.47 Å². The van der Waals surface area contributed by atoms with E-state index < -0.39 is 59.2 Å². The SMILES string of the molecule is COC[C@@H]1C[C@@H](c2ccc(C(F)(F)F)cc2OC2CCC(C(=O)O)CC2)CN1C(=O)[C@]1(F)CN(C2CCCC2)C[C@H]1c1ccc(OC)cc1. The molecule has 0 radical (unpaired) electrons. The minimum absolute atomic E-state index is 0.0261. The van der Waals surface area contributed by atoms with Crippen molar-refractivity contribution < 1.29 is 46.5 Å². The van der Waals surface area contributed by atoms with Crippen LogP contribution in [0, 0.1) is 5.92 Å². The Morgan fingerprint density at radius 3 is 2.27 bits per heavy atom. The molecule has 1 amide bonds. The standard InChI is InChI=1S/C37H46F4N2O6/c1-47-21-28-17-25(31-16-11-26(37(39,40)41)18-33(31)49-30-14-9-24(10-15-30)34(44)45)19-43(28)35(46)36(38)22-42(27-5-3-4-6-27)20-32(36)23-7-12-29(48-2)13-8-23/h7-8,11-13,16,18,24-25,27-28,30,32H,3-6,9-10,14-15,17,19-22H2,1-2H3,(H,44,45)/t24?,25-,28+,30?,32+,36+/m1/s1. The van der Waals surface area contributed by atoms with E-state index in [1.165, 1.54) is 13.2 Å². The molecule has 0 bridgehead atoms. The summed E-state index contributed by atoms with van der Waals surface area (Å²) in [5.41, 5.74) is -1.84. The first kappa shape index (κ1) is 35.4. The number of likely N-dealkylation sites (tertiary alicyclic amines) is 2. The number of amides is 1. The zero-order chi connectivity index (χ0) is 34.9. The van der Waals surface area contributed by atoms with Crippen molar-refractivity contribution >= 4 is 11.9 Å². The number of alkyl halides is 4. The minimum atomic E-state index is -4.60. The maximum absolute atomic E-state index is 17.7. The van der Waals surface area contributed by atoms with Gasteiger partial charge >= 0.3 is 12.1 Å². The summed E-state index contributed by atoms with van der Waals surface area (Å²) >= 11 is 0. The molecular weight excluding hydrogens is 644 g/mol. The zero-order valence-electron chi connectivity index (χ0n) is 28.1. The molecule has 268 valence electrons. The number of carbonyl (C=O) groups excluding carboxylic acids is 1. The van der Waals surface area contributed by atoms with E-state index in [1.807, 2.05) is 12.1 Å². The highest BCUT2D eigenvalue weighted by molar-refractivity contribution is 5.88. The molecule has 4 fully saturated rings. The average molecular weight is 691 g/mol. The fourth-order valence-corrected chi connectivity index (χ4v) is 8.56. The first-order chi connectivity index (χ1) is 23.4. The van der Waals surface area contributed by atoms with Gasteiger partial charge in [-0.3, -0.25) is 14.5 Å². The predicted octanol–water partition coefficient (Wildman–Crippen LogP) is 6.82. The quantitative estimate of drug-likeness (QED) is 0.274. The van der Waals surface area contributed by atoms with Crippen LogP contribution in [0.4, 0.5) is 17.6 Å². The van der Waals surface area contributed by atoms with E-state index in [2.05, 4.69) is 4.90 Å². The summed E-state index contributed by atoms with van der Waals surface area (Å²) in [5, 5.41) is 9.39. The van der Waals surface area contributed by atoms with Crippen molar-refractivity contribution in [1.29, 1.82) is 0 Å². The zero-order valence-corrected chi connectivity index (χ0v) is 28.1. The van der Waals surface area contributed by atoms with Crippen LogP contribution in [-0.2, 0) is 20.5 Å². The van der Waals surface area contributed by atoms with Crippen LogP contribution in [-0.4, -0.2) is 91.1 Å². The Balaban J connectivity index is 1.29. The Bertz CT molecular complexity index is 1470. The molecule has 2 aliphatic carbocycles. The molecule has 49 heavy (non-hydrogen) atoms. The number of nitrogens with zero attached hydrogens (tertiary/aromatic N) is 2. The molecule has 2 heterocycles. The van der Waals surface area contributed by atoms with E-state index in [9.17, 15) is 27.9 Å². The summed E-state index contributed by atoms with van der Waals surface area (Å²) in [5.74, 6) is -2.43. The van der Waals surface area contributed by atoms with E-state index >= 15 is 4.39 Å². The molecule has 0 spiro atoms. The lowest BCUT2D eigenvalue weighted by atomic mass is 9.85. The van der Waals surface area contributed by atoms with Gasteiger partial charge in [-0.25, -0.2) is 4.39 Å². The first-order valence-electron chi connectivity index (χ1n) is 17.4. The number of carbonyl (C=O) groups is 2. The molecule has 2 saturated carbocycles. The molecule has 4 atom stereocenters. The Kier molecular flexibility index (Phi) is 10.5. The van der Waals surface area contributed by atoms with E-state index in [0.29, 0.717) is 55.5 Å². The first-order valence-corrected chi connectivity index (χ1v) is 17.4. The number of methoxy groups -OCH3 is 2. The van der Waals surface area contributed by atoms with Gasteiger partial charge in [-0.2, -0.15) is 13.2 Å². The fraction of sp³-hybridized carbons (Fsp3) is 0.622. The van der Waals surface area contributed by atoms with Crippen LogP contribution in [0.1, 0.15) is 86.3 Å². The topological polar surface area (TPSA) is 88.5 Å². The lowest BCUT2D eigenvalue weighted by Crippen LogP contribution is -2.53. The lowest BCUT2D eigenvalue weighted by Gasteiger charge is -2.33. The van der Waals surface area contributed by atoms with Gasteiger partial charge in [0.2, 0.25) is 5.67 Å². The normalized spacial score (nSPS) is 29.8. The minimum Gasteiger partial charge on any atom is -0.497 e. The van der Waals surface area contributed by atoms with Crippen LogP contribution in [0.25, 0.3) is 0 Å². The Hall–Kier alpha value is -3.38. The monoisotopic (exact) mass is 690 g/mol. The van der Waals surface area contributed by atoms with Crippen molar-refractivity contribution in [1.82, 2.24) is 9.80 Å². The molecule has 2 aliphatic heterocycles. The Morgan fingerprint density at radius 2 is 1.65 bits per heavy atom. The number of hydrogen-bond acceptors (Lipinski definition) is 6. The second-order valence-corrected chi connectivity index (χ2v) is 14.2. The van der Waals surface area contributed by atoms with Gasteiger partial charge in [0.15, 0.2) is 0 Å². The lowest BCUT2D eigenvalue weighted by molar-refractivity contribution is -0.146. The molecule has 4 aliphatic rings. The largest absolute Gasteiger partial charge is 0.497 e. The third kappa shape index (κ3) is 7.41. The summed E-state index contributed by atoms with van der Waals surface area (Å²) in [6.45, 7) is 0.632. The van der Waals surface area contributed by atoms with Crippen LogP contribution in [0.15, 0.2) is 42.5 Å². The van der Waals surface area contributed by atoms with Gasteiger partial charge in [-0.1, -0.05) is 31.0 Å². The molecule has 2 aromatic carbocycles. The summed E-state index contributed by atoms with van der Waals surface area (Å²) in [6.07, 6.45) is 0.967. The summed E-state index contributed by atoms with van der Waals surface area (Å²) < 4.78 is 76.3. The van der Waals surface area contributed by atoms with E-state index in [-0.39, 0.29) is 31.5 Å². The van der Waals surface area contributed by atoms with Gasteiger partial charge in [0.05, 0.1) is 37.3 Å². The third-order valence-corrected chi connectivity index (χ3v) is 11.2. The molecule has 2 saturated heterocycles. The number of hydrogen-bond donors (Lipinski definition) is 1. The maximum atomic E-state index is 17.7. The number of halogens is 4. The molecule has 6 rings (SSSR count). The molecule has 8 nitrogen and oxygen atoms in total. The summed E-state index contributed by atoms with van der Waals surface area (Å²) in [7, 11) is 3.07. The van der Waals surface area contributed by atoms with Crippen LogP contribution in [0.2, 0.25) is 0 Å². The van der Waals surface area contributed by atoms with Gasteiger partial charge in [0.25, 0.3) is 5.91 Å². The van der Waals surface area contributed by atoms with Gasteiger partial charge in [-0.15, -0.1) is 0 Å². The van der Waals surface area contributed by atoms with Crippen molar-refractivity contribution in [2.24, 2.45) is 5.92 Å². The maximum Gasteiger partial charge on any atom is 0.416 e. The van der Waals surface area contributed by atoms with Crippen LogP contribution >= 0.6 is 0 Å². The second-order valence-electron chi connectivity index (χ2n) is 14.2. The van der Waals surface area contributed by atoms with E-state index in [0.717, 1.165) is 37.8 Å². The molecule has 0 unspecified atom stereocenters. The number of rotatable bonds is 10.